The number of aryl methyl sites for hydroxylation is 1. The molecule has 0 unspecified atom stereocenters. The molecule has 1 rings (SSSR count). The van der Waals surface area contributed by atoms with Crippen molar-refractivity contribution in [1.82, 2.24) is 0 Å². The van der Waals surface area contributed by atoms with E-state index in [4.69, 9.17) is 18.0 Å². The number of nitrogens with two attached hydrogens (primary N) is 1. The lowest BCUT2D eigenvalue weighted by Crippen LogP contribution is -2.02. The van der Waals surface area contributed by atoms with Gasteiger partial charge < -0.3 is 10.8 Å². The molecule has 0 spiro atoms. The van der Waals surface area contributed by atoms with Crippen LogP contribution in [-0.4, -0.2) is 10.5 Å². The molecule has 0 aliphatic heterocycles. The zero-order valence-electron chi connectivity index (χ0n) is 14.8. The maximum absolute atomic E-state index is 9.30. The maximum atomic E-state index is 9.30. The summed E-state index contributed by atoms with van der Waals surface area (Å²) in [5, 5.41) is 10.9. The number of aromatic hydroxyl groups is 1. The number of phenolic OH excluding ortho intramolecular Hbond substituents is 1. The molecule has 1 aromatic rings. The Morgan fingerprint density at radius 1 is 1.17 bits per heavy atom. The second kappa shape index (κ2) is 9.89. The van der Waals surface area contributed by atoms with Gasteiger partial charge in [-0.1, -0.05) is 42.6 Å². The first-order valence-electron chi connectivity index (χ1n) is 8.04. The molecule has 0 saturated heterocycles. The van der Waals surface area contributed by atoms with Crippen molar-refractivity contribution in [2.75, 3.05) is 0 Å². The zero-order chi connectivity index (χ0) is 18.1. The van der Waals surface area contributed by atoms with Gasteiger partial charge in [0.25, 0.3) is 0 Å². The van der Waals surface area contributed by atoms with Crippen molar-refractivity contribution < 1.29 is 5.11 Å². The smallest absolute Gasteiger partial charge is 0.115 e. The number of thiocarbonyl (C=S) groups is 1. The van der Waals surface area contributed by atoms with Crippen LogP contribution in [-0.2, 0) is 6.42 Å². The summed E-state index contributed by atoms with van der Waals surface area (Å²) >= 11 is 4.86. The van der Waals surface area contributed by atoms with E-state index in [2.05, 4.69) is 19.6 Å². The highest BCUT2D eigenvalue weighted by Gasteiger charge is 2.03. The predicted molar refractivity (Wildman–Crippen MR) is 108 cm³/mol. The lowest BCUT2D eigenvalue weighted by molar-refractivity contribution is 0.475. The maximum Gasteiger partial charge on any atom is 0.115 e. The van der Waals surface area contributed by atoms with Crippen LogP contribution in [0.25, 0.3) is 0 Å². The largest absolute Gasteiger partial charge is 0.508 e. The lowest BCUT2D eigenvalue weighted by Gasteiger charge is -2.09. The second-order valence-corrected chi connectivity index (χ2v) is 6.39. The van der Waals surface area contributed by atoms with Crippen molar-refractivity contribution in [2.24, 2.45) is 5.73 Å². The minimum absolute atomic E-state index is 0.292. The zero-order valence-corrected chi connectivity index (χ0v) is 15.6. The van der Waals surface area contributed by atoms with Gasteiger partial charge in [0.1, 0.15) is 5.75 Å². The molecule has 24 heavy (non-hydrogen) atoms. The third-order valence-corrected chi connectivity index (χ3v) is 4.16. The molecular weight excluding hydrogens is 314 g/mol. The van der Waals surface area contributed by atoms with Crippen LogP contribution < -0.4 is 5.73 Å². The summed E-state index contributed by atoms with van der Waals surface area (Å²) in [6.45, 7) is 10.3. The Hall–Kier alpha value is -2.13. The van der Waals surface area contributed by atoms with Crippen molar-refractivity contribution in [3.63, 3.8) is 0 Å². The summed E-state index contributed by atoms with van der Waals surface area (Å²) in [4.78, 5) is 0. The van der Waals surface area contributed by atoms with Gasteiger partial charge in [0.05, 0.1) is 0 Å². The van der Waals surface area contributed by atoms with Gasteiger partial charge in [0.15, 0.2) is 0 Å². The van der Waals surface area contributed by atoms with Crippen LogP contribution in [0.15, 0.2) is 71.0 Å². The normalized spacial score (nSPS) is 13.5. The molecule has 0 bridgehead atoms. The van der Waals surface area contributed by atoms with Crippen LogP contribution in [0.1, 0.15) is 39.2 Å². The second-order valence-electron chi connectivity index (χ2n) is 6.11. The molecule has 128 valence electrons. The topological polar surface area (TPSA) is 46.2 Å². The Morgan fingerprint density at radius 2 is 1.79 bits per heavy atom. The molecule has 0 aromatic heterocycles. The van der Waals surface area contributed by atoms with Crippen LogP contribution in [0.4, 0.5) is 0 Å². The average Bonchev–Trinajstić information content (AvgIpc) is 2.54. The fourth-order valence-corrected chi connectivity index (χ4v) is 2.45. The van der Waals surface area contributed by atoms with Gasteiger partial charge in [-0.05, 0) is 74.1 Å². The van der Waals surface area contributed by atoms with E-state index < -0.39 is 0 Å². The third kappa shape index (κ3) is 6.97. The van der Waals surface area contributed by atoms with E-state index >= 15 is 0 Å². The first-order valence-corrected chi connectivity index (χ1v) is 8.51. The van der Waals surface area contributed by atoms with Crippen LogP contribution in [0.5, 0.6) is 5.75 Å². The molecule has 0 aliphatic rings. The predicted octanol–water partition coefficient (Wildman–Crippen LogP) is 5.40. The molecule has 0 heterocycles. The molecule has 0 amide bonds. The van der Waals surface area contributed by atoms with Crippen molar-refractivity contribution >= 4 is 17.6 Å². The Labute approximate surface area is 151 Å². The molecule has 0 radical (unpaired) electrons. The van der Waals surface area contributed by atoms with E-state index in [1.807, 2.05) is 32.1 Å². The average molecular weight is 342 g/mol. The fraction of sp³-hybridized carbons (Fsp3) is 0.286. The number of allylic oxidation sites excluding steroid dienone is 6. The number of rotatable bonds is 8. The van der Waals surface area contributed by atoms with E-state index in [1.165, 1.54) is 5.56 Å². The van der Waals surface area contributed by atoms with Gasteiger partial charge in [0.2, 0.25) is 0 Å². The van der Waals surface area contributed by atoms with Crippen LogP contribution >= 0.6 is 12.2 Å². The number of hydrogen-bond acceptors (Lipinski definition) is 3. The molecule has 3 heteroatoms. The van der Waals surface area contributed by atoms with Crippen molar-refractivity contribution in [3.8, 4) is 5.75 Å². The first kappa shape index (κ1) is 19.9. The molecule has 0 aliphatic carbocycles. The highest BCUT2D eigenvalue weighted by Crippen LogP contribution is 2.19. The molecule has 2 nitrogen and oxygen atoms in total. The van der Waals surface area contributed by atoms with Gasteiger partial charge in [-0.25, -0.2) is 0 Å². The van der Waals surface area contributed by atoms with E-state index in [1.54, 1.807) is 17.5 Å². The third-order valence-electron chi connectivity index (χ3n) is 4.02. The van der Waals surface area contributed by atoms with Gasteiger partial charge in [-0.3, -0.25) is 0 Å². The Balaban J connectivity index is 2.64. The van der Waals surface area contributed by atoms with Crippen molar-refractivity contribution in [3.05, 3.63) is 76.5 Å². The molecule has 0 saturated carbocycles. The molecule has 0 fully saturated rings. The minimum Gasteiger partial charge on any atom is -0.508 e. The molecular formula is C21H27NOS. The van der Waals surface area contributed by atoms with Crippen molar-refractivity contribution in [1.29, 1.82) is 0 Å². The summed E-state index contributed by atoms with van der Waals surface area (Å²) in [6.07, 6.45) is 6.49. The molecule has 1 aromatic carbocycles. The van der Waals surface area contributed by atoms with Crippen LogP contribution in [0.2, 0.25) is 0 Å². The summed E-state index contributed by atoms with van der Waals surface area (Å²) in [5.41, 5.74) is 12.7. The van der Waals surface area contributed by atoms with E-state index in [0.717, 1.165) is 40.8 Å². The summed E-state index contributed by atoms with van der Waals surface area (Å²) in [5.74, 6) is 0.292. The van der Waals surface area contributed by atoms with Gasteiger partial charge in [-0.15, -0.1) is 0 Å². The number of hydrogen-bond donors (Lipinski definition) is 2. The van der Waals surface area contributed by atoms with Crippen molar-refractivity contribution in [2.45, 2.75) is 40.0 Å². The highest BCUT2D eigenvalue weighted by atomic mass is 32.1. The number of phenols is 1. The fourth-order valence-electron chi connectivity index (χ4n) is 2.25. The molecule has 0 atom stereocenters. The summed E-state index contributed by atoms with van der Waals surface area (Å²) in [6, 6.07) is 7.29. The SMILES string of the molecule is C=C(CCc1ccc(O)cc1)CC(N)=C(C)C=C(C)C(C)=CC=S. The Morgan fingerprint density at radius 3 is 2.38 bits per heavy atom. The van der Waals surface area contributed by atoms with Crippen LogP contribution in [0, 0.1) is 0 Å². The summed E-state index contributed by atoms with van der Waals surface area (Å²) in [7, 11) is 0. The highest BCUT2D eigenvalue weighted by molar-refractivity contribution is 7.79. The van der Waals surface area contributed by atoms with Gasteiger partial charge in [-0.2, -0.15) is 0 Å². The Bertz CT molecular complexity index is 678. The van der Waals surface area contributed by atoms with E-state index in [-0.39, 0.29) is 0 Å². The van der Waals surface area contributed by atoms with Gasteiger partial charge in [0, 0.05) is 17.5 Å². The van der Waals surface area contributed by atoms with E-state index in [9.17, 15) is 5.11 Å². The lowest BCUT2D eigenvalue weighted by atomic mass is 9.99. The Kier molecular flexibility index (Phi) is 8.20. The standard InChI is InChI=1S/C21H27NOS/c1-15(5-6-19-7-9-20(23)10-8-19)13-21(22)18(4)14-17(3)16(2)11-12-24/h7-12,14,23H,1,5-6,13,22H2,2-4H3. The molecule has 3 N–H and O–H groups in total. The summed E-state index contributed by atoms with van der Waals surface area (Å²) < 4.78 is 0. The number of benzene rings is 1. The first-order chi connectivity index (χ1) is 11.3. The van der Waals surface area contributed by atoms with E-state index in [0.29, 0.717) is 12.2 Å². The van der Waals surface area contributed by atoms with Crippen LogP contribution in [0.3, 0.4) is 0 Å². The monoisotopic (exact) mass is 341 g/mol. The van der Waals surface area contributed by atoms with Gasteiger partial charge >= 0.3 is 0 Å². The quantitative estimate of drug-likeness (QED) is 0.288. The minimum atomic E-state index is 0.292.